The minimum atomic E-state index is 0.224. The molecule has 0 aliphatic rings. The van der Waals surface area contributed by atoms with Crippen molar-refractivity contribution in [1.29, 1.82) is 0 Å². The highest BCUT2D eigenvalue weighted by Crippen LogP contribution is 2.18. The lowest BCUT2D eigenvalue weighted by molar-refractivity contribution is 0.264. The largest absolute Gasteiger partial charge is 0.368 e. The third kappa shape index (κ3) is 4.77. The first kappa shape index (κ1) is 17.8. The molecule has 0 amide bonds. The molecule has 1 aromatic heterocycles. The van der Waals surface area contributed by atoms with Crippen LogP contribution in [0, 0.1) is 6.92 Å². The molecule has 134 valence electrons. The number of nitrogens with one attached hydrogen (secondary N) is 1. The van der Waals surface area contributed by atoms with Gasteiger partial charge in [0.15, 0.2) is 0 Å². The summed E-state index contributed by atoms with van der Waals surface area (Å²) in [5, 5.41) is 3.23. The van der Waals surface area contributed by atoms with Gasteiger partial charge in [-0.3, -0.25) is 4.90 Å². The van der Waals surface area contributed by atoms with Crippen LogP contribution in [0.15, 0.2) is 54.6 Å². The van der Waals surface area contributed by atoms with Crippen LogP contribution in [0.5, 0.6) is 0 Å². The van der Waals surface area contributed by atoms with Gasteiger partial charge in [0.05, 0.1) is 6.54 Å². The summed E-state index contributed by atoms with van der Waals surface area (Å²) in [6.45, 7) is 6.50. The molecule has 0 fully saturated rings. The molecule has 0 unspecified atom stereocenters. The molecule has 0 saturated carbocycles. The van der Waals surface area contributed by atoms with Gasteiger partial charge >= 0.3 is 0 Å². The lowest BCUT2D eigenvalue weighted by Crippen LogP contribution is -2.24. The molecule has 0 bridgehead atoms. The van der Waals surface area contributed by atoms with E-state index >= 15 is 0 Å². The number of anilines is 3. The number of hydrogen-bond acceptors (Lipinski definition) is 6. The molecule has 6 nitrogen and oxygen atoms in total. The topological polar surface area (TPSA) is 80.0 Å². The molecule has 0 aliphatic heterocycles. The maximum Gasteiger partial charge on any atom is 0.232 e. The van der Waals surface area contributed by atoms with Gasteiger partial charge in [-0.1, -0.05) is 55.5 Å². The maximum absolute atomic E-state index is 5.90. The lowest BCUT2D eigenvalue weighted by Gasteiger charge is -2.20. The van der Waals surface area contributed by atoms with Crippen molar-refractivity contribution >= 4 is 17.6 Å². The Morgan fingerprint density at radius 3 is 2.38 bits per heavy atom. The summed E-state index contributed by atoms with van der Waals surface area (Å²) in [4.78, 5) is 15.3. The Hall–Kier alpha value is -2.99. The zero-order valence-electron chi connectivity index (χ0n) is 15.2. The van der Waals surface area contributed by atoms with Gasteiger partial charge in [-0.2, -0.15) is 15.0 Å². The van der Waals surface area contributed by atoms with Crippen molar-refractivity contribution in [3.05, 3.63) is 71.5 Å². The van der Waals surface area contributed by atoms with Gasteiger partial charge < -0.3 is 11.1 Å². The fraction of sp³-hybridized carbons (Fsp3) is 0.250. The van der Waals surface area contributed by atoms with Crippen LogP contribution in [0.3, 0.4) is 0 Å². The summed E-state index contributed by atoms with van der Waals surface area (Å²) < 4.78 is 0. The molecule has 0 aliphatic carbocycles. The van der Waals surface area contributed by atoms with Crippen molar-refractivity contribution in [3.8, 4) is 0 Å². The normalized spacial score (nSPS) is 10.9. The number of aromatic nitrogens is 3. The smallest absolute Gasteiger partial charge is 0.232 e. The first-order chi connectivity index (χ1) is 12.6. The van der Waals surface area contributed by atoms with Crippen molar-refractivity contribution in [1.82, 2.24) is 19.9 Å². The quantitative estimate of drug-likeness (QED) is 0.680. The molecular formula is C20H24N6. The van der Waals surface area contributed by atoms with E-state index in [1.165, 1.54) is 5.56 Å². The van der Waals surface area contributed by atoms with Crippen LogP contribution in [0.1, 0.15) is 23.9 Å². The number of aryl methyl sites for hydroxylation is 1. The summed E-state index contributed by atoms with van der Waals surface area (Å²) in [7, 11) is 0. The Morgan fingerprint density at radius 2 is 1.65 bits per heavy atom. The minimum Gasteiger partial charge on any atom is -0.368 e. The average molecular weight is 348 g/mol. The molecule has 6 heteroatoms. The molecule has 2 aromatic carbocycles. The van der Waals surface area contributed by atoms with Gasteiger partial charge in [-0.25, -0.2) is 0 Å². The second kappa shape index (κ2) is 8.40. The van der Waals surface area contributed by atoms with Crippen molar-refractivity contribution in [2.45, 2.75) is 26.9 Å². The molecule has 0 spiro atoms. The van der Waals surface area contributed by atoms with Crippen LogP contribution >= 0.6 is 0 Å². The summed E-state index contributed by atoms with van der Waals surface area (Å²) in [6, 6.07) is 18.4. The van der Waals surface area contributed by atoms with Crippen LogP contribution in [-0.4, -0.2) is 26.4 Å². The third-order valence-electron chi connectivity index (χ3n) is 4.15. The highest BCUT2D eigenvalue weighted by atomic mass is 15.2. The van der Waals surface area contributed by atoms with E-state index in [0.717, 1.165) is 24.3 Å². The fourth-order valence-corrected chi connectivity index (χ4v) is 2.72. The van der Waals surface area contributed by atoms with E-state index in [9.17, 15) is 0 Å². The second-order valence-corrected chi connectivity index (χ2v) is 6.16. The maximum atomic E-state index is 5.90. The Balaban J connectivity index is 1.75. The number of nitrogens with zero attached hydrogens (tertiary/aromatic N) is 4. The number of hydrogen-bond donors (Lipinski definition) is 2. The van der Waals surface area contributed by atoms with Crippen molar-refractivity contribution in [2.75, 3.05) is 17.6 Å². The number of benzene rings is 2. The minimum absolute atomic E-state index is 0.224. The summed E-state index contributed by atoms with van der Waals surface area (Å²) >= 11 is 0. The van der Waals surface area contributed by atoms with E-state index < -0.39 is 0 Å². The van der Waals surface area contributed by atoms with E-state index in [1.807, 2.05) is 49.4 Å². The van der Waals surface area contributed by atoms with Crippen LogP contribution < -0.4 is 11.1 Å². The van der Waals surface area contributed by atoms with Gasteiger partial charge in [0, 0.05) is 12.2 Å². The Morgan fingerprint density at radius 1 is 0.923 bits per heavy atom. The third-order valence-corrected chi connectivity index (χ3v) is 4.15. The zero-order chi connectivity index (χ0) is 18.4. The van der Waals surface area contributed by atoms with Crippen molar-refractivity contribution < 1.29 is 0 Å². The van der Waals surface area contributed by atoms with Gasteiger partial charge in [0.2, 0.25) is 11.9 Å². The molecule has 1 heterocycles. The molecular weight excluding hydrogens is 324 g/mol. The second-order valence-electron chi connectivity index (χ2n) is 6.16. The number of nitrogen functional groups attached to an aromatic ring is 1. The first-order valence-electron chi connectivity index (χ1n) is 8.73. The van der Waals surface area contributed by atoms with Gasteiger partial charge in [0.1, 0.15) is 5.82 Å². The fourth-order valence-electron chi connectivity index (χ4n) is 2.72. The predicted molar refractivity (Wildman–Crippen MR) is 105 cm³/mol. The zero-order valence-corrected chi connectivity index (χ0v) is 15.2. The molecule has 3 aromatic rings. The molecule has 0 radical (unpaired) electrons. The van der Waals surface area contributed by atoms with Crippen LogP contribution in [0.4, 0.5) is 17.6 Å². The van der Waals surface area contributed by atoms with Crippen LogP contribution in [-0.2, 0) is 13.1 Å². The van der Waals surface area contributed by atoms with Crippen molar-refractivity contribution in [2.24, 2.45) is 0 Å². The van der Waals surface area contributed by atoms with Gasteiger partial charge in [-0.15, -0.1) is 0 Å². The van der Waals surface area contributed by atoms with E-state index in [0.29, 0.717) is 18.3 Å². The number of para-hydroxylation sites is 1. The number of nitrogens with two attached hydrogens (primary N) is 1. The monoisotopic (exact) mass is 348 g/mol. The van der Waals surface area contributed by atoms with Crippen LogP contribution in [0.2, 0.25) is 0 Å². The van der Waals surface area contributed by atoms with Crippen LogP contribution in [0.25, 0.3) is 0 Å². The van der Waals surface area contributed by atoms with E-state index in [4.69, 9.17) is 5.73 Å². The van der Waals surface area contributed by atoms with E-state index in [1.54, 1.807) is 0 Å². The van der Waals surface area contributed by atoms with Gasteiger partial charge in [-0.05, 0) is 30.7 Å². The molecule has 3 N–H and O–H groups in total. The predicted octanol–water partition coefficient (Wildman–Crippen LogP) is 3.53. The highest BCUT2D eigenvalue weighted by Gasteiger charge is 2.11. The van der Waals surface area contributed by atoms with Gasteiger partial charge in [0.25, 0.3) is 0 Å². The lowest BCUT2D eigenvalue weighted by atomic mass is 10.2. The standard InChI is InChI=1S/C20H24N6/c1-3-26(13-16-10-5-4-6-11-16)14-18-23-19(21)25-20(24-18)22-17-12-8-7-9-15(17)2/h4-12H,3,13-14H2,1-2H3,(H3,21,22,23,24,25). The summed E-state index contributed by atoms with van der Waals surface area (Å²) in [5.41, 5.74) is 9.24. The molecule has 0 saturated heterocycles. The molecule has 3 rings (SSSR count). The van der Waals surface area contributed by atoms with E-state index in [-0.39, 0.29) is 5.95 Å². The Labute approximate surface area is 154 Å². The summed E-state index contributed by atoms with van der Waals surface area (Å²) in [6.07, 6.45) is 0. The highest BCUT2D eigenvalue weighted by molar-refractivity contribution is 5.58. The average Bonchev–Trinajstić information content (AvgIpc) is 2.63. The molecule has 0 atom stereocenters. The van der Waals surface area contributed by atoms with E-state index in [2.05, 4.69) is 44.2 Å². The first-order valence-corrected chi connectivity index (χ1v) is 8.73. The van der Waals surface area contributed by atoms with Crippen molar-refractivity contribution in [3.63, 3.8) is 0 Å². The SMILES string of the molecule is CCN(Cc1ccccc1)Cc1nc(N)nc(Nc2ccccc2C)n1. The summed E-state index contributed by atoms with van der Waals surface area (Å²) in [5.74, 6) is 1.35. The Kier molecular flexibility index (Phi) is 5.76. The number of rotatable bonds is 7. The molecule has 26 heavy (non-hydrogen) atoms. The Bertz CT molecular complexity index is 850.